The molecular weight excluding hydrogens is 316 g/mol. The standard InChI is InChI=1S/C20H14N2O3/c23-20-17-9-2-1-5-13(17)11-14-6-3-10-18(19(14)20)21-15-7-4-8-16(12-15)22(24)25/h1-10,12,21H,11H2. The van der Waals surface area contributed by atoms with Gasteiger partial charge in [0.2, 0.25) is 0 Å². The van der Waals surface area contributed by atoms with Gasteiger partial charge in [0.25, 0.3) is 5.69 Å². The summed E-state index contributed by atoms with van der Waals surface area (Å²) in [6, 6.07) is 19.5. The van der Waals surface area contributed by atoms with Crippen LogP contribution in [-0.4, -0.2) is 10.7 Å². The number of nitro groups is 1. The van der Waals surface area contributed by atoms with Crippen molar-refractivity contribution in [3.8, 4) is 0 Å². The van der Waals surface area contributed by atoms with E-state index in [1.54, 1.807) is 12.1 Å². The second-order valence-corrected chi connectivity index (χ2v) is 5.94. The molecule has 0 amide bonds. The van der Waals surface area contributed by atoms with Crippen molar-refractivity contribution >= 4 is 22.8 Å². The maximum absolute atomic E-state index is 12.9. The van der Waals surface area contributed by atoms with Crippen molar-refractivity contribution in [2.45, 2.75) is 6.42 Å². The lowest BCUT2D eigenvalue weighted by molar-refractivity contribution is -0.384. The van der Waals surface area contributed by atoms with E-state index in [1.807, 2.05) is 42.5 Å². The van der Waals surface area contributed by atoms with E-state index >= 15 is 0 Å². The third kappa shape index (κ3) is 2.65. The summed E-state index contributed by atoms with van der Waals surface area (Å²) in [6.07, 6.45) is 0.696. The lowest BCUT2D eigenvalue weighted by Crippen LogP contribution is -2.16. The Kier molecular flexibility index (Phi) is 3.54. The van der Waals surface area contributed by atoms with Crippen LogP contribution in [0.4, 0.5) is 17.1 Å². The van der Waals surface area contributed by atoms with Crippen LogP contribution in [0.25, 0.3) is 0 Å². The number of anilines is 2. The number of ketones is 1. The Labute approximate surface area is 144 Å². The number of non-ortho nitro benzene ring substituents is 1. The topological polar surface area (TPSA) is 72.2 Å². The van der Waals surface area contributed by atoms with E-state index in [2.05, 4.69) is 5.32 Å². The third-order valence-corrected chi connectivity index (χ3v) is 4.36. The minimum Gasteiger partial charge on any atom is -0.355 e. The molecule has 0 atom stereocenters. The molecule has 1 aliphatic carbocycles. The van der Waals surface area contributed by atoms with E-state index in [0.29, 0.717) is 28.9 Å². The molecule has 0 spiro atoms. The van der Waals surface area contributed by atoms with E-state index in [9.17, 15) is 14.9 Å². The minimum absolute atomic E-state index is 0.00599. The number of nitrogens with one attached hydrogen (secondary N) is 1. The van der Waals surface area contributed by atoms with Crippen LogP contribution < -0.4 is 5.32 Å². The van der Waals surface area contributed by atoms with Crippen LogP contribution in [0.5, 0.6) is 0 Å². The van der Waals surface area contributed by atoms with E-state index in [0.717, 1.165) is 11.1 Å². The molecule has 3 aromatic rings. The van der Waals surface area contributed by atoms with Gasteiger partial charge in [0, 0.05) is 28.9 Å². The third-order valence-electron chi connectivity index (χ3n) is 4.36. The summed E-state index contributed by atoms with van der Waals surface area (Å²) in [6.45, 7) is 0. The van der Waals surface area contributed by atoms with Gasteiger partial charge in [-0.2, -0.15) is 0 Å². The molecule has 4 rings (SSSR count). The number of fused-ring (bicyclic) bond motifs is 2. The van der Waals surface area contributed by atoms with Crippen LogP contribution >= 0.6 is 0 Å². The molecule has 0 aromatic heterocycles. The second kappa shape index (κ2) is 5.87. The molecule has 5 heteroatoms. The van der Waals surface area contributed by atoms with Crippen LogP contribution in [-0.2, 0) is 6.42 Å². The van der Waals surface area contributed by atoms with Gasteiger partial charge in [0.1, 0.15) is 0 Å². The number of rotatable bonds is 3. The number of carbonyl (C=O) groups excluding carboxylic acids is 1. The first-order chi connectivity index (χ1) is 12.1. The van der Waals surface area contributed by atoms with E-state index in [-0.39, 0.29) is 11.5 Å². The quantitative estimate of drug-likeness (QED) is 0.444. The Bertz CT molecular complexity index is 1010. The summed E-state index contributed by atoms with van der Waals surface area (Å²) >= 11 is 0. The van der Waals surface area contributed by atoms with Crippen molar-refractivity contribution < 1.29 is 9.72 Å². The average Bonchev–Trinajstić information content (AvgIpc) is 2.62. The number of nitrogens with zero attached hydrogens (tertiary/aromatic N) is 1. The normalized spacial score (nSPS) is 12.2. The number of hydrogen-bond acceptors (Lipinski definition) is 4. The molecule has 1 N–H and O–H groups in total. The van der Waals surface area contributed by atoms with Crippen molar-refractivity contribution in [3.63, 3.8) is 0 Å². The molecule has 0 saturated heterocycles. The summed E-state index contributed by atoms with van der Waals surface area (Å²) in [5.41, 5.74) is 4.57. The van der Waals surface area contributed by atoms with Crippen molar-refractivity contribution in [2.75, 3.05) is 5.32 Å². The summed E-state index contributed by atoms with van der Waals surface area (Å²) in [4.78, 5) is 23.5. The van der Waals surface area contributed by atoms with Gasteiger partial charge >= 0.3 is 0 Å². The van der Waals surface area contributed by atoms with Crippen LogP contribution in [0.1, 0.15) is 27.0 Å². The molecule has 0 unspecified atom stereocenters. The highest BCUT2D eigenvalue weighted by Crippen LogP contribution is 2.33. The first-order valence-corrected chi connectivity index (χ1v) is 7.89. The minimum atomic E-state index is -0.437. The van der Waals surface area contributed by atoms with Crippen molar-refractivity contribution in [1.82, 2.24) is 0 Å². The summed E-state index contributed by atoms with van der Waals surface area (Å²) < 4.78 is 0. The van der Waals surface area contributed by atoms with Gasteiger partial charge in [0.05, 0.1) is 10.6 Å². The second-order valence-electron chi connectivity index (χ2n) is 5.94. The molecule has 0 fully saturated rings. The van der Waals surface area contributed by atoms with Gasteiger partial charge in [-0.3, -0.25) is 14.9 Å². The fourth-order valence-corrected chi connectivity index (χ4v) is 3.21. The zero-order chi connectivity index (χ0) is 17.4. The predicted octanol–water partition coefficient (Wildman–Crippen LogP) is 4.47. The average molecular weight is 330 g/mol. The smallest absolute Gasteiger partial charge is 0.271 e. The van der Waals surface area contributed by atoms with Gasteiger partial charge in [-0.05, 0) is 29.7 Å². The molecule has 5 nitrogen and oxygen atoms in total. The maximum atomic E-state index is 12.9. The van der Waals surface area contributed by atoms with E-state index in [4.69, 9.17) is 0 Å². The van der Waals surface area contributed by atoms with E-state index in [1.165, 1.54) is 12.1 Å². The van der Waals surface area contributed by atoms with Crippen molar-refractivity contribution in [1.29, 1.82) is 0 Å². The van der Waals surface area contributed by atoms with Crippen LogP contribution in [0.15, 0.2) is 66.7 Å². The molecule has 122 valence electrons. The predicted molar refractivity (Wildman–Crippen MR) is 95.5 cm³/mol. The lowest BCUT2D eigenvalue weighted by atomic mass is 9.84. The molecule has 0 aliphatic heterocycles. The first kappa shape index (κ1) is 15.1. The van der Waals surface area contributed by atoms with Crippen LogP contribution in [0.2, 0.25) is 0 Å². The number of hydrogen-bond donors (Lipinski definition) is 1. The molecule has 0 heterocycles. The number of nitro benzene ring substituents is 1. The Morgan fingerprint density at radius 1 is 0.920 bits per heavy atom. The highest BCUT2D eigenvalue weighted by Gasteiger charge is 2.25. The Morgan fingerprint density at radius 2 is 1.68 bits per heavy atom. The van der Waals surface area contributed by atoms with Crippen LogP contribution in [0.3, 0.4) is 0 Å². The zero-order valence-electron chi connectivity index (χ0n) is 13.2. The fourth-order valence-electron chi connectivity index (χ4n) is 3.21. The highest BCUT2D eigenvalue weighted by atomic mass is 16.6. The summed E-state index contributed by atoms with van der Waals surface area (Å²) in [7, 11) is 0. The molecule has 0 bridgehead atoms. The van der Waals surface area contributed by atoms with Crippen LogP contribution in [0, 0.1) is 10.1 Å². The van der Waals surface area contributed by atoms with Gasteiger partial charge in [0.15, 0.2) is 5.78 Å². The number of carbonyl (C=O) groups is 1. The molecule has 0 radical (unpaired) electrons. The maximum Gasteiger partial charge on any atom is 0.271 e. The summed E-state index contributed by atoms with van der Waals surface area (Å²) in [5.74, 6) is -0.0228. The molecule has 25 heavy (non-hydrogen) atoms. The van der Waals surface area contributed by atoms with E-state index < -0.39 is 4.92 Å². The SMILES string of the molecule is O=C1c2ccccc2Cc2cccc(Nc3cccc([N+](=O)[O-])c3)c21. The van der Waals surface area contributed by atoms with Gasteiger partial charge in [-0.1, -0.05) is 42.5 Å². The zero-order valence-corrected chi connectivity index (χ0v) is 13.2. The summed E-state index contributed by atoms with van der Waals surface area (Å²) in [5, 5.41) is 14.1. The molecule has 0 saturated carbocycles. The Morgan fingerprint density at radius 3 is 2.52 bits per heavy atom. The first-order valence-electron chi connectivity index (χ1n) is 7.89. The largest absolute Gasteiger partial charge is 0.355 e. The van der Waals surface area contributed by atoms with Crippen molar-refractivity contribution in [3.05, 3.63) is 99.1 Å². The fraction of sp³-hybridized carbons (Fsp3) is 0.0500. The Hall–Kier alpha value is -3.47. The molecular formula is C20H14N2O3. The highest BCUT2D eigenvalue weighted by molar-refractivity contribution is 6.15. The Balaban J connectivity index is 1.76. The number of benzene rings is 3. The molecule has 1 aliphatic rings. The monoisotopic (exact) mass is 330 g/mol. The van der Waals surface area contributed by atoms with Crippen molar-refractivity contribution in [2.24, 2.45) is 0 Å². The van der Waals surface area contributed by atoms with Gasteiger partial charge < -0.3 is 5.32 Å². The van der Waals surface area contributed by atoms with Gasteiger partial charge in [-0.15, -0.1) is 0 Å². The lowest BCUT2D eigenvalue weighted by Gasteiger charge is -2.21. The molecule has 3 aromatic carbocycles. The van der Waals surface area contributed by atoms with Gasteiger partial charge in [-0.25, -0.2) is 0 Å².